The van der Waals surface area contributed by atoms with Gasteiger partial charge in [0.2, 0.25) is 11.8 Å². The zero-order chi connectivity index (χ0) is 24.0. The molecular weight excluding hydrogens is 475 g/mol. The Hall–Kier alpha value is -3.68. The van der Waals surface area contributed by atoms with Gasteiger partial charge >= 0.3 is 6.36 Å². The molecule has 8 nitrogen and oxygen atoms in total. The van der Waals surface area contributed by atoms with Gasteiger partial charge in [-0.05, 0) is 36.4 Å². The van der Waals surface area contributed by atoms with E-state index in [2.05, 4.69) is 25.6 Å². The second-order valence-corrected chi connectivity index (χ2v) is 7.08. The topological polar surface area (TPSA) is 106 Å². The number of nitrogens with one attached hydrogen (secondary N) is 2. The summed E-state index contributed by atoms with van der Waals surface area (Å²) in [5.74, 6) is -4.24. The molecule has 33 heavy (non-hydrogen) atoms. The molecule has 0 fully saturated rings. The fourth-order valence-electron chi connectivity index (χ4n) is 2.39. The number of nitrogens with zero attached hydrogens (tertiary/aromatic N) is 2. The molecule has 3 aromatic rings. The van der Waals surface area contributed by atoms with Crippen LogP contribution in [0.2, 0.25) is 0 Å². The van der Waals surface area contributed by atoms with Crippen LogP contribution in [-0.2, 0) is 11.3 Å². The number of hydrogen-bond acceptors (Lipinski definition) is 7. The SMILES string of the molecule is O=C(CSc1nnc(CNC(=O)c2c(F)cccc2F)o1)Nc1ccc(OC(F)(F)F)cc1. The molecular formula is C19H13F5N4O4S. The van der Waals surface area contributed by atoms with E-state index in [4.69, 9.17) is 4.42 Å². The quantitative estimate of drug-likeness (QED) is 0.366. The van der Waals surface area contributed by atoms with Crippen LogP contribution in [0.5, 0.6) is 5.75 Å². The van der Waals surface area contributed by atoms with Crippen LogP contribution >= 0.6 is 11.8 Å². The fraction of sp³-hybridized carbons (Fsp3) is 0.158. The average Bonchev–Trinajstić information content (AvgIpc) is 3.19. The standard InChI is InChI=1S/C19H13F5N4O4S/c20-12-2-1-3-13(21)16(12)17(30)25-8-15-27-28-18(31-15)33-9-14(29)26-10-4-6-11(7-5-10)32-19(22,23)24/h1-7H,8-9H2,(H,25,30)(H,26,29). The highest BCUT2D eigenvalue weighted by Gasteiger charge is 2.31. The van der Waals surface area contributed by atoms with Crippen LogP contribution in [0.4, 0.5) is 27.6 Å². The predicted octanol–water partition coefficient (Wildman–Crippen LogP) is 3.91. The molecule has 1 aromatic heterocycles. The monoisotopic (exact) mass is 488 g/mol. The summed E-state index contributed by atoms with van der Waals surface area (Å²) in [5, 5.41) is 12.0. The maximum absolute atomic E-state index is 13.6. The molecule has 1 heterocycles. The molecule has 0 bridgehead atoms. The highest BCUT2D eigenvalue weighted by Crippen LogP contribution is 2.24. The van der Waals surface area contributed by atoms with Gasteiger partial charge in [-0.25, -0.2) is 8.78 Å². The number of amides is 2. The maximum Gasteiger partial charge on any atom is 0.573 e. The molecule has 2 aromatic carbocycles. The van der Waals surface area contributed by atoms with Gasteiger partial charge in [0.15, 0.2) is 0 Å². The second-order valence-electron chi connectivity index (χ2n) is 6.15. The minimum Gasteiger partial charge on any atom is -0.414 e. The third-order valence-corrected chi connectivity index (χ3v) is 4.56. The molecule has 14 heteroatoms. The van der Waals surface area contributed by atoms with Gasteiger partial charge in [0.1, 0.15) is 22.9 Å². The maximum atomic E-state index is 13.6. The van der Waals surface area contributed by atoms with Crippen LogP contribution in [-0.4, -0.2) is 34.1 Å². The summed E-state index contributed by atoms with van der Waals surface area (Å²) < 4.78 is 72.6. The largest absolute Gasteiger partial charge is 0.573 e. The summed E-state index contributed by atoms with van der Waals surface area (Å²) in [4.78, 5) is 23.9. The molecule has 0 saturated carbocycles. The van der Waals surface area contributed by atoms with E-state index in [1.54, 1.807) is 0 Å². The Morgan fingerprint density at radius 1 is 1.03 bits per heavy atom. The Kier molecular flexibility index (Phi) is 7.48. The average molecular weight is 488 g/mol. The number of rotatable bonds is 8. The van der Waals surface area contributed by atoms with E-state index in [0.29, 0.717) is 0 Å². The van der Waals surface area contributed by atoms with Crippen LogP contribution in [0.1, 0.15) is 16.2 Å². The first-order valence-corrected chi connectivity index (χ1v) is 9.92. The van der Waals surface area contributed by atoms with Crippen LogP contribution < -0.4 is 15.4 Å². The van der Waals surface area contributed by atoms with Gasteiger partial charge in [-0.1, -0.05) is 17.8 Å². The van der Waals surface area contributed by atoms with Crippen LogP contribution in [0, 0.1) is 11.6 Å². The van der Waals surface area contributed by atoms with Gasteiger partial charge in [-0.15, -0.1) is 23.4 Å². The molecule has 0 aliphatic carbocycles. The highest BCUT2D eigenvalue weighted by atomic mass is 32.2. The Bertz CT molecular complexity index is 1120. The van der Waals surface area contributed by atoms with Crippen molar-refractivity contribution in [3.05, 3.63) is 65.6 Å². The summed E-state index contributed by atoms with van der Waals surface area (Å²) in [7, 11) is 0. The van der Waals surface area contributed by atoms with Crippen molar-refractivity contribution in [1.82, 2.24) is 15.5 Å². The smallest absolute Gasteiger partial charge is 0.414 e. The van der Waals surface area contributed by atoms with E-state index >= 15 is 0 Å². The molecule has 0 spiro atoms. The Morgan fingerprint density at radius 3 is 2.33 bits per heavy atom. The van der Waals surface area contributed by atoms with Crippen molar-refractivity contribution in [2.24, 2.45) is 0 Å². The lowest BCUT2D eigenvalue weighted by atomic mass is 10.2. The summed E-state index contributed by atoms with van der Waals surface area (Å²) in [6.45, 7) is -0.307. The molecule has 0 unspecified atom stereocenters. The number of ether oxygens (including phenoxy) is 1. The zero-order valence-electron chi connectivity index (χ0n) is 16.3. The third kappa shape index (κ3) is 7.17. The van der Waals surface area contributed by atoms with E-state index in [1.807, 2.05) is 0 Å². The van der Waals surface area contributed by atoms with Crippen molar-refractivity contribution in [2.75, 3.05) is 11.1 Å². The van der Waals surface area contributed by atoms with Crippen molar-refractivity contribution in [3.8, 4) is 5.75 Å². The summed E-state index contributed by atoms with van der Waals surface area (Å²) in [6, 6.07) is 7.55. The Balaban J connectivity index is 1.46. The lowest BCUT2D eigenvalue weighted by Gasteiger charge is -2.09. The minimum absolute atomic E-state index is 0.0135. The van der Waals surface area contributed by atoms with Crippen LogP contribution in [0.25, 0.3) is 0 Å². The number of anilines is 1. The fourth-order valence-corrected chi connectivity index (χ4v) is 2.97. The van der Waals surface area contributed by atoms with E-state index in [-0.39, 0.29) is 29.1 Å². The molecule has 2 N–H and O–H groups in total. The van der Waals surface area contributed by atoms with Gasteiger partial charge in [-0.2, -0.15) is 0 Å². The first kappa shape index (κ1) is 24.0. The van der Waals surface area contributed by atoms with E-state index in [1.165, 1.54) is 12.1 Å². The van der Waals surface area contributed by atoms with Crippen LogP contribution in [0.15, 0.2) is 52.1 Å². The zero-order valence-corrected chi connectivity index (χ0v) is 17.1. The molecule has 0 aliphatic rings. The number of carbonyl (C=O) groups excluding carboxylic acids is 2. The molecule has 0 atom stereocenters. The van der Waals surface area contributed by atoms with Crippen LogP contribution in [0.3, 0.4) is 0 Å². The number of carbonyl (C=O) groups is 2. The minimum atomic E-state index is -4.82. The van der Waals surface area contributed by atoms with Gasteiger partial charge in [0, 0.05) is 5.69 Å². The summed E-state index contributed by atoms with van der Waals surface area (Å²) in [5.41, 5.74) is -0.509. The Morgan fingerprint density at radius 2 is 1.70 bits per heavy atom. The van der Waals surface area contributed by atoms with Gasteiger partial charge in [0.25, 0.3) is 11.1 Å². The lowest BCUT2D eigenvalue weighted by Crippen LogP contribution is -2.25. The van der Waals surface area contributed by atoms with Crippen molar-refractivity contribution in [1.29, 1.82) is 0 Å². The predicted molar refractivity (Wildman–Crippen MR) is 104 cm³/mol. The first-order valence-electron chi connectivity index (χ1n) is 8.94. The number of thioether (sulfide) groups is 1. The van der Waals surface area contributed by atoms with Gasteiger partial charge in [-0.3, -0.25) is 9.59 Å². The number of halogens is 5. The molecule has 0 saturated heterocycles. The van der Waals surface area contributed by atoms with E-state index in [9.17, 15) is 31.5 Å². The van der Waals surface area contributed by atoms with Gasteiger partial charge < -0.3 is 19.8 Å². The molecule has 0 aliphatic heterocycles. The van der Waals surface area contributed by atoms with Crippen molar-refractivity contribution >= 4 is 29.3 Å². The number of alkyl halides is 3. The molecule has 174 valence electrons. The number of hydrogen-bond donors (Lipinski definition) is 2. The summed E-state index contributed by atoms with van der Waals surface area (Å²) in [6.07, 6.45) is -4.82. The number of benzene rings is 2. The second kappa shape index (κ2) is 10.3. The molecule has 3 rings (SSSR count). The van der Waals surface area contributed by atoms with E-state index < -0.39 is 41.1 Å². The molecule has 0 radical (unpaired) electrons. The molecule has 2 amide bonds. The third-order valence-electron chi connectivity index (χ3n) is 3.74. The Labute approximate surface area is 186 Å². The van der Waals surface area contributed by atoms with Crippen molar-refractivity contribution in [3.63, 3.8) is 0 Å². The van der Waals surface area contributed by atoms with Crippen molar-refractivity contribution < 1.29 is 40.7 Å². The highest BCUT2D eigenvalue weighted by molar-refractivity contribution is 7.99. The summed E-state index contributed by atoms with van der Waals surface area (Å²) >= 11 is 0.857. The number of aromatic nitrogens is 2. The van der Waals surface area contributed by atoms with E-state index in [0.717, 1.165) is 42.1 Å². The normalized spacial score (nSPS) is 11.2. The first-order chi connectivity index (χ1) is 15.6. The van der Waals surface area contributed by atoms with Crippen molar-refractivity contribution in [2.45, 2.75) is 18.1 Å². The van der Waals surface area contributed by atoms with Gasteiger partial charge in [0.05, 0.1) is 12.3 Å². The lowest BCUT2D eigenvalue weighted by molar-refractivity contribution is -0.274.